The summed E-state index contributed by atoms with van der Waals surface area (Å²) in [7, 11) is 0. The minimum absolute atomic E-state index is 0.0982. The summed E-state index contributed by atoms with van der Waals surface area (Å²) in [6.45, 7) is 9.79. The summed E-state index contributed by atoms with van der Waals surface area (Å²) >= 11 is 0. The van der Waals surface area contributed by atoms with Gasteiger partial charge in [0, 0.05) is 77.5 Å². The topological polar surface area (TPSA) is 87.1 Å². The van der Waals surface area contributed by atoms with E-state index in [1.165, 1.54) is 38.8 Å². The summed E-state index contributed by atoms with van der Waals surface area (Å²) in [5.41, 5.74) is 3.39. The van der Waals surface area contributed by atoms with Gasteiger partial charge in [0.15, 0.2) is 6.23 Å². The van der Waals surface area contributed by atoms with Crippen LogP contribution in [0, 0.1) is 5.92 Å². The van der Waals surface area contributed by atoms with E-state index in [1.54, 1.807) is 11.8 Å². The molecule has 5 N–H and O–H groups in total. The summed E-state index contributed by atoms with van der Waals surface area (Å²) < 4.78 is 5.54. The van der Waals surface area contributed by atoms with Crippen LogP contribution in [0.25, 0.3) is 0 Å². The first-order valence-corrected chi connectivity index (χ1v) is 12.6. The normalized spacial score (nSPS) is 41.0. The molecule has 176 valence electrons. The summed E-state index contributed by atoms with van der Waals surface area (Å²) in [5, 5.41) is 6.37. The van der Waals surface area contributed by atoms with Gasteiger partial charge in [0.2, 0.25) is 5.91 Å². The zero-order valence-electron chi connectivity index (χ0n) is 19.1. The van der Waals surface area contributed by atoms with Gasteiger partial charge in [-0.2, -0.15) is 5.48 Å². The third-order valence-corrected chi connectivity index (χ3v) is 8.46. The number of carbonyl (C=O) groups is 1. The van der Waals surface area contributed by atoms with Gasteiger partial charge >= 0.3 is 0 Å². The van der Waals surface area contributed by atoms with Gasteiger partial charge in [-0.25, -0.2) is 4.90 Å². The number of piperidine rings is 2. The van der Waals surface area contributed by atoms with Crippen molar-refractivity contribution in [2.45, 2.75) is 76.1 Å². The second-order valence-corrected chi connectivity index (χ2v) is 10.2. The second-order valence-electron chi connectivity index (χ2n) is 10.2. The number of rotatable bonds is 4. The Balaban J connectivity index is 1.14. The summed E-state index contributed by atoms with van der Waals surface area (Å²) in [6, 6.07) is 1.17. The molecule has 0 aromatic carbocycles. The van der Waals surface area contributed by atoms with E-state index < -0.39 is 0 Å². The monoisotopic (exact) mass is 438 g/mol. The van der Waals surface area contributed by atoms with Crippen molar-refractivity contribution in [1.82, 2.24) is 20.6 Å². The Bertz CT molecular complexity index is 610. The molecule has 0 bridgehead atoms. The van der Waals surface area contributed by atoms with Gasteiger partial charge in [-0.1, -0.05) is 0 Å². The fraction of sp³-hybridized carbons (Fsp3) is 0.955. The Kier molecular flexibility index (Phi) is 7.09. The highest BCUT2D eigenvalue weighted by Gasteiger charge is 2.46. The molecule has 5 aliphatic rings. The number of nitrogens with zero attached hydrogens (tertiary/aromatic N) is 2. The average Bonchev–Trinajstić information content (AvgIpc) is 3.50. The number of hydrogen-bond donors (Lipinski definition) is 4. The molecule has 9 heteroatoms. The van der Waals surface area contributed by atoms with E-state index in [9.17, 15) is 4.79 Å². The SMILES string of the molecule is CC(=O)N1CCC([NH+]2CCCC2C2NC(C3CC[NH2+]C(N4CCOCC4)C3)NO2)CC1. The quantitative estimate of drug-likeness (QED) is 0.387. The Morgan fingerprint density at radius 3 is 2.68 bits per heavy atom. The Labute approximate surface area is 186 Å². The largest absolute Gasteiger partial charge is 0.379 e. The van der Waals surface area contributed by atoms with Crippen molar-refractivity contribution in [3.63, 3.8) is 0 Å². The number of nitrogens with two attached hydrogens (primary N) is 1. The van der Waals surface area contributed by atoms with Crippen LogP contribution in [0.3, 0.4) is 0 Å². The zero-order valence-corrected chi connectivity index (χ0v) is 19.1. The summed E-state index contributed by atoms with van der Waals surface area (Å²) in [4.78, 5) is 24.2. The predicted octanol–water partition coefficient (Wildman–Crippen LogP) is -2.55. The third-order valence-electron chi connectivity index (χ3n) is 8.46. The first-order valence-electron chi connectivity index (χ1n) is 12.6. The van der Waals surface area contributed by atoms with Crippen LogP contribution < -0.4 is 21.0 Å². The minimum atomic E-state index is 0.0982. The van der Waals surface area contributed by atoms with Gasteiger partial charge in [0.05, 0.1) is 38.5 Å². The number of amides is 1. The lowest BCUT2D eigenvalue weighted by atomic mass is 9.92. The fourth-order valence-electron chi connectivity index (χ4n) is 6.67. The van der Waals surface area contributed by atoms with Crippen molar-refractivity contribution in [3.05, 3.63) is 0 Å². The van der Waals surface area contributed by atoms with Crippen LogP contribution in [0.5, 0.6) is 0 Å². The number of carbonyl (C=O) groups excluding carboxylic acids is 1. The van der Waals surface area contributed by atoms with E-state index in [1.807, 2.05) is 4.90 Å². The maximum atomic E-state index is 11.7. The number of hydroxylamine groups is 1. The standard InChI is InChI=1S/C22H40N6O3/c1-16(29)26-9-5-18(6-10-26)28-8-2-3-19(28)22-24-21(25-31-22)17-4-7-23-20(15-17)27-11-13-30-14-12-27/h17-25H,2-15H2,1H3/p+2. The molecule has 0 spiro atoms. The maximum absolute atomic E-state index is 11.7. The van der Waals surface area contributed by atoms with Gasteiger partial charge < -0.3 is 19.9 Å². The van der Waals surface area contributed by atoms with Crippen molar-refractivity contribution in [3.8, 4) is 0 Å². The fourth-order valence-corrected chi connectivity index (χ4v) is 6.67. The number of morpholine rings is 1. The second kappa shape index (κ2) is 9.99. The molecule has 5 heterocycles. The van der Waals surface area contributed by atoms with Crippen molar-refractivity contribution in [1.29, 1.82) is 0 Å². The Hall–Kier alpha value is -0.810. The lowest BCUT2D eigenvalue weighted by Gasteiger charge is -2.39. The molecule has 0 saturated carbocycles. The molecule has 6 unspecified atom stereocenters. The highest BCUT2D eigenvalue weighted by molar-refractivity contribution is 5.73. The van der Waals surface area contributed by atoms with E-state index in [2.05, 4.69) is 21.0 Å². The number of quaternary nitrogens is 2. The first-order chi connectivity index (χ1) is 15.2. The molecule has 0 aromatic rings. The number of likely N-dealkylation sites (tertiary alicyclic amines) is 2. The number of nitrogens with one attached hydrogen (secondary N) is 3. The van der Waals surface area contributed by atoms with Crippen LogP contribution in [0.4, 0.5) is 0 Å². The number of ether oxygens (including phenoxy) is 1. The van der Waals surface area contributed by atoms with Gasteiger partial charge in [-0.3, -0.25) is 14.9 Å². The lowest BCUT2D eigenvalue weighted by Crippen LogP contribution is -3.19. The van der Waals surface area contributed by atoms with Crippen LogP contribution in [-0.4, -0.2) is 98.8 Å². The molecule has 9 nitrogen and oxygen atoms in total. The van der Waals surface area contributed by atoms with Crippen molar-refractivity contribution >= 4 is 5.91 Å². The predicted molar refractivity (Wildman–Crippen MR) is 115 cm³/mol. The first kappa shape index (κ1) is 22.0. The molecule has 5 fully saturated rings. The molecular formula is C22H42N6O3+2. The summed E-state index contributed by atoms with van der Waals surface area (Å²) in [5.74, 6) is 0.825. The maximum Gasteiger partial charge on any atom is 0.219 e. The zero-order chi connectivity index (χ0) is 21.2. The highest BCUT2D eigenvalue weighted by Crippen LogP contribution is 2.23. The third kappa shape index (κ3) is 4.93. The van der Waals surface area contributed by atoms with Crippen LogP contribution in [0.2, 0.25) is 0 Å². The van der Waals surface area contributed by atoms with Gasteiger partial charge in [-0.05, 0) is 0 Å². The van der Waals surface area contributed by atoms with E-state index >= 15 is 0 Å². The smallest absolute Gasteiger partial charge is 0.219 e. The molecule has 5 aliphatic heterocycles. The summed E-state index contributed by atoms with van der Waals surface area (Å²) in [6.07, 6.45) is 8.09. The molecule has 5 saturated heterocycles. The van der Waals surface area contributed by atoms with Gasteiger partial charge in [0.25, 0.3) is 0 Å². The molecule has 5 rings (SSSR count). The molecule has 31 heavy (non-hydrogen) atoms. The molecule has 0 radical (unpaired) electrons. The number of hydrogen-bond acceptors (Lipinski definition) is 6. The average molecular weight is 439 g/mol. The molecule has 0 aliphatic carbocycles. The Morgan fingerprint density at radius 2 is 1.90 bits per heavy atom. The van der Waals surface area contributed by atoms with Crippen LogP contribution in [0.15, 0.2) is 0 Å². The van der Waals surface area contributed by atoms with E-state index in [0.29, 0.717) is 24.2 Å². The molecule has 1 amide bonds. The van der Waals surface area contributed by atoms with Crippen molar-refractivity contribution < 1.29 is 24.6 Å². The molecule has 0 aromatic heterocycles. The van der Waals surface area contributed by atoms with E-state index in [-0.39, 0.29) is 18.3 Å². The van der Waals surface area contributed by atoms with E-state index in [0.717, 1.165) is 52.2 Å². The minimum Gasteiger partial charge on any atom is -0.379 e. The van der Waals surface area contributed by atoms with E-state index in [4.69, 9.17) is 9.57 Å². The van der Waals surface area contributed by atoms with Crippen molar-refractivity contribution in [2.75, 3.05) is 52.5 Å². The molecule has 6 atom stereocenters. The van der Waals surface area contributed by atoms with Gasteiger partial charge in [-0.15, -0.1) is 0 Å². The lowest BCUT2D eigenvalue weighted by molar-refractivity contribution is -0.942. The van der Waals surface area contributed by atoms with Crippen molar-refractivity contribution in [2.24, 2.45) is 5.92 Å². The van der Waals surface area contributed by atoms with Gasteiger partial charge in [0.1, 0.15) is 12.2 Å². The van der Waals surface area contributed by atoms with Crippen LogP contribution in [-0.2, 0) is 14.4 Å². The Morgan fingerprint density at radius 1 is 1.10 bits per heavy atom. The van der Waals surface area contributed by atoms with Crippen LogP contribution >= 0.6 is 0 Å². The van der Waals surface area contributed by atoms with Crippen LogP contribution in [0.1, 0.15) is 45.4 Å². The highest BCUT2D eigenvalue weighted by atomic mass is 16.7. The molecular weight excluding hydrogens is 396 g/mol.